The third kappa shape index (κ3) is 4.17. The van der Waals surface area contributed by atoms with Crippen LogP contribution in [-0.2, 0) is 11.3 Å². The summed E-state index contributed by atoms with van der Waals surface area (Å²) in [5, 5.41) is 19.0. The lowest BCUT2D eigenvalue weighted by Crippen LogP contribution is -2.24. The van der Waals surface area contributed by atoms with Crippen LogP contribution < -0.4 is 11.1 Å². The molecule has 1 aromatic heterocycles. The number of carbonyl (C=O) groups is 1. The minimum absolute atomic E-state index is 0.196. The number of aromatic nitrogens is 2. The molecule has 0 fully saturated rings. The van der Waals surface area contributed by atoms with Crippen LogP contribution in [0, 0.1) is 10.8 Å². The molecule has 0 bridgehead atoms. The van der Waals surface area contributed by atoms with Crippen molar-refractivity contribution < 1.29 is 4.79 Å². The maximum atomic E-state index is 12.7. The zero-order valence-corrected chi connectivity index (χ0v) is 18.5. The summed E-state index contributed by atoms with van der Waals surface area (Å²) in [7, 11) is 0. The predicted octanol–water partition coefficient (Wildman–Crippen LogP) is 4.16. The van der Waals surface area contributed by atoms with Gasteiger partial charge in [-0.1, -0.05) is 42.1 Å². The summed E-state index contributed by atoms with van der Waals surface area (Å²) >= 11 is 1.03. The number of carbonyl (C=O) groups excluding carboxylic acids is 1. The van der Waals surface area contributed by atoms with Gasteiger partial charge in [-0.05, 0) is 48.2 Å². The Kier molecular flexibility index (Phi) is 5.87. The minimum Gasteiger partial charge on any atom is -0.397 e. The van der Waals surface area contributed by atoms with Crippen LogP contribution in [0.3, 0.4) is 0 Å². The van der Waals surface area contributed by atoms with Gasteiger partial charge in [0.1, 0.15) is 9.95 Å². The molecule has 0 unspecified atom stereocenters. The maximum Gasteiger partial charge on any atom is 0.260 e. The standard InChI is InChI=1S/C24H22N6OS/c1-13(14(2)25)20-21(26)22(32-23(20)27)24(31)30-12-15-3-5-16(6-4-15)17-7-8-18-19(11-17)29-10-9-28-18/h3-11,25,27H,12,26H2,1-2H3,(H,30,31)/b20-13-,25-14?,27-23?. The van der Waals surface area contributed by atoms with E-state index in [1.54, 1.807) is 26.2 Å². The summed E-state index contributed by atoms with van der Waals surface area (Å²) in [6.45, 7) is 3.72. The second kappa shape index (κ2) is 8.76. The molecule has 1 aliphatic heterocycles. The van der Waals surface area contributed by atoms with Crippen molar-refractivity contribution in [3.63, 3.8) is 0 Å². The number of thioether (sulfide) groups is 1. The van der Waals surface area contributed by atoms with E-state index in [0.29, 0.717) is 28.3 Å². The first kappa shape index (κ1) is 21.5. The largest absolute Gasteiger partial charge is 0.397 e. The van der Waals surface area contributed by atoms with Gasteiger partial charge in [-0.3, -0.25) is 20.2 Å². The second-order valence-corrected chi connectivity index (χ2v) is 8.46. The van der Waals surface area contributed by atoms with E-state index >= 15 is 0 Å². The van der Waals surface area contributed by atoms with E-state index in [1.807, 2.05) is 42.5 Å². The molecule has 7 nitrogen and oxygen atoms in total. The van der Waals surface area contributed by atoms with Crippen LogP contribution in [-0.4, -0.2) is 26.6 Å². The summed E-state index contributed by atoms with van der Waals surface area (Å²) in [4.78, 5) is 21.6. The molecule has 1 amide bonds. The van der Waals surface area contributed by atoms with E-state index in [1.165, 1.54) is 0 Å². The Hall–Kier alpha value is -3.78. The first-order valence-electron chi connectivity index (χ1n) is 9.96. The third-order valence-corrected chi connectivity index (χ3v) is 6.32. The van der Waals surface area contributed by atoms with E-state index in [2.05, 4.69) is 15.3 Å². The minimum atomic E-state index is -0.320. The molecule has 160 valence electrons. The molecule has 2 heterocycles. The van der Waals surface area contributed by atoms with Crippen LogP contribution >= 0.6 is 11.8 Å². The first-order valence-corrected chi connectivity index (χ1v) is 10.8. The van der Waals surface area contributed by atoms with Gasteiger partial charge >= 0.3 is 0 Å². The summed E-state index contributed by atoms with van der Waals surface area (Å²) < 4.78 is 0. The van der Waals surface area contributed by atoms with Crippen LogP contribution in [0.4, 0.5) is 0 Å². The van der Waals surface area contributed by atoms with Gasteiger partial charge in [0.2, 0.25) is 0 Å². The molecule has 32 heavy (non-hydrogen) atoms. The van der Waals surface area contributed by atoms with Gasteiger partial charge in [0.15, 0.2) is 0 Å². The van der Waals surface area contributed by atoms with Crippen molar-refractivity contribution in [3.05, 3.63) is 82.2 Å². The fourth-order valence-electron chi connectivity index (χ4n) is 3.39. The Morgan fingerprint density at radius 1 is 1.03 bits per heavy atom. The Labute approximate surface area is 189 Å². The topological polar surface area (TPSA) is 129 Å². The molecule has 3 aromatic rings. The number of fused-ring (bicyclic) bond motifs is 1. The Balaban J connectivity index is 1.46. The lowest BCUT2D eigenvalue weighted by molar-refractivity contribution is -0.117. The first-order chi connectivity index (χ1) is 15.3. The van der Waals surface area contributed by atoms with Crippen molar-refractivity contribution in [2.75, 3.05) is 0 Å². The van der Waals surface area contributed by atoms with Crippen molar-refractivity contribution in [2.45, 2.75) is 20.4 Å². The second-order valence-electron chi connectivity index (χ2n) is 7.44. The number of nitrogens with zero attached hydrogens (tertiary/aromatic N) is 2. The summed E-state index contributed by atoms with van der Waals surface area (Å²) in [5.74, 6) is -0.320. The average molecular weight is 443 g/mol. The molecule has 8 heteroatoms. The Bertz CT molecular complexity index is 1320. The number of nitrogens with two attached hydrogens (primary N) is 1. The van der Waals surface area contributed by atoms with E-state index < -0.39 is 0 Å². The van der Waals surface area contributed by atoms with E-state index in [0.717, 1.165) is 39.5 Å². The number of benzene rings is 2. The molecule has 0 saturated carbocycles. The molecule has 0 spiro atoms. The highest BCUT2D eigenvalue weighted by molar-refractivity contribution is 8.18. The smallest absolute Gasteiger partial charge is 0.260 e. The summed E-state index contributed by atoms with van der Waals surface area (Å²) in [6, 6.07) is 13.9. The van der Waals surface area contributed by atoms with E-state index in [4.69, 9.17) is 16.6 Å². The number of amides is 1. The number of allylic oxidation sites excluding steroid dienone is 2. The van der Waals surface area contributed by atoms with E-state index in [-0.39, 0.29) is 16.6 Å². The fraction of sp³-hybridized carbons (Fsp3) is 0.125. The lowest BCUT2D eigenvalue weighted by atomic mass is 10.0. The number of hydrogen-bond acceptors (Lipinski definition) is 7. The molecule has 0 aliphatic carbocycles. The van der Waals surface area contributed by atoms with Gasteiger partial charge in [0, 0.05) is 30.2 Å². The predicted molar refractivity (Wildman–Crippen MR) is 129 cm³/mol. The summed E-state index contributed by atoms with van der Waals surface area (Å²) in [6.07, 6.45) is 3.35. The normalized spacial score (nSPS) is 15.2. The highest BCUT2D eigenvalue weighted by Gasteiger charge is 2.30. The Morgan fingerprint density at radius 3 is 2.38 bits per heavy atom. The van der Waals surface area contributed by atoms with Crippen LogP contribution in [0.1, 0.15) is 19.4 Å². The van der Waals surface area contributed by atoms with Crippen molar-refractivity contribution in [2.24, 2.45) is 5.73 Å². The van der Waals surface area contributed by atoms with Crippen molar-refractivity contribution in [3.8, 4) is 11.1 Å². The van der Waals surface area contributed by atoms with Crippen LogP contribution in [0.15, 0.2) is 76.6 Å². The van der Waals surface area contributed by atoms with Gasteiger partial charge < -0.3 is 16.5 Å². The highest BCUT2D eigenvalue weighted by atomic mass is 32.2. The van der Waals surface area contributed by atoms with E-state index in [9.17, 15) is 4.79 Å². The van der Waals surface area contributed by atoms with Crippen molar-refractivity contribution >= 4 is 39.5 Å². The molecular weight excluding hydrogens is 420 g/mol. The zero-order chi connectivity index (χ0) is 22.8. The maximum absolute atomic E-state index is 12.7. The third-order valence-electron chi connectivity index (χ3n) is 5.30. The molecule has 4 rings (SSSR count). The van der Waals surface area contributed by atoms with Crippen LogP contribution in [0.2, 0.25) is 0 Å². The average Bonchev–Trinajstić information content (AvgIpc) is 3.10. The quantitative estimate of drug-likeness (QED) is 0.441. The highest BCUT2D eigenvalue weighted by Crippen LogP contribution is 2.36. The van der Waals surface area contributed by atoms with Crippen LogP contribution in [0.5, 0.6) is 0 Å². The molecule has 0 saturated heterocycles. The van der Waals surface area contributed by atoms with Gasteiger partial charge in [0.25, 0.3) is 5.91 Å². The van der Waals surface area contributed by atoms with Gasteiger partial charge in [-0.15, -0.1) is 0 Å². The number of nitrogens with one attached hydrogen (secondary N) is 3. The number of hydrogen-bond donors (Lipinski definition) is 4. The molecule has 5 N–H and O–H groups in total. The monoisotopic (exact) mass is 442 g/mol. The van der Waals surface area contributed by atoms with Gasteiger partial charge in [-0.2, -0.15) is 0 Å². The summed E-state index contributed by atoms with van der Waals surface area (Å²) in [5.41, 5.74) is 12.5. The van der Waals surface area contributed by atoms with Crippen LogP contribution in [0.25, 0.3) is 22.2 Å². The molecule has 1 aliphatic rings. The fourth-order valence-corrected chi connectivity index (χ4v) is 4.34. The van der Waals surface area contributed by atoms with Crippen molar-refractivity contribution in [1.82, 2.24) is 15.3 Å². The zero-order valence-electron chi connectivity index (χ0n) is 17.7. The van der Waals surface area contributed by atoms with Gasteiger partial charge in [0.05, 0.1) is 16.7 Å². The number of rotatable bonds is 5. The molecule has 0 radical (unpaired) electrons. The van der Waals surface area contributed by atoms with Gasteiger partial charge in [-0.25, -0.2) is 0 Å². The lowest BCUT2D eigenvalue weighted by Gasteiger charge is -2.08. The molecule has 0 atom stereocenters. The molecular formula is C24H22N6OS. The molecule has 2 aromatic carbocycles. The SMILES string of the molecule is CC(=N)/C(C)=C1\C(=N)SC(C(=O)NCc2ccc(-c3ccc4nccnc4c3)cc2)=C1N. The Morgan fingerprint density at radius 2 is 1.69 bits per heavy atom. The van der Waals surface area contributed by atoms with Crippen molar-refractivity contribution in [1.29, 1.82) is 10.8 Å².